The Balaban J connectivity index is 2.04. The highest BCUT2D eigenvalue weighted by atomic mass is 32.1. The van der Waals surface area contributed by atoms with Crippen molar-refractivity contribution in [2.75, 3.05) is 5.73 Å². The van der Waals surface area contributed by atoms with Crippen LogP contribution in [0.4, 0.5) is 5.82 Å². The van der Waals surface area contributed by atoms with Gasteiger partial charge in [-0.3, -0.25) is 4.79 Å². The maximum Gasteiger partial charge on any atom is 0.242 e. The topological polar surface area (TPSA) is 85.8 Å². The van der Waals surface area contributed by atoms with Gasteiger partial charge >= 0.3 is 0 Å². The molecule has 1 amide bonds. The fraction of sp³-hybridized carbons (Fsp3) is 0.500. The molecule has 0 aliphatic rings. The lowest BCUT2D eigenvalue weighted by Crippen LogP contribution is -2.31. The lowest BCUT2D eigenvalue weighted by atomic mass is 10.2. The van der Waals surface area contributed by atoms with Crippen LogP contribution in [-0.4, -0.2) is 20.7 Å². The number of carbonyl (C=O) groups is 1. The first-order chi connectivity index (χ1) is 9.90. The molecule has 0 bridgehead atoms. The fourth-order valence-electron chi connectivity index (χ4n) is 2.05. The monoisotopic (exact) mass is 307 g/mol. The third kappa shape index (κ3) is 3.60. The van der Waals surface area contributed by atoms with E-state index in [2.05, 4.69) is 15.4 Å². The van der Waals surface area contributed by atoms with Gasteiger partial charge < -0.3 is 11.1 Å². The molecule has 7 heteroatoms. The van der Waals surface area contributed by atoms with Crippen LogP contribution in [0.3, 0.4) is 0 Å². The standard InChI is InChI=1S/C14H21N5OS/c1-5-11(14-16-9(3)10(4)21-14)17-13(20)7-19-12(15)6-8(2)18-19/h6,11H,5,7,15H2,1-4H3,(H,17,20)/t11-/m0/s1. The van der Waals surface area contributed by atoms with Crippen molar-refractivity contribution >= 4 is 23.1 Å². The summed E-state index contributed by atoms with van der Waals surface area (Å²) in [5.74, 6) is 0.388. The number of nitrogens with one attached hydrogen (secondary N) is 1. The first kappa shape index (κ1) is 15.5. The second-order valence-electron chi connectivity index (χ2n) is 5.09. The van der Waals surface area contributed by atoms with Crippen LogP contribution in [-0.2, 0) is 11.3 Å². The molecule has 6 nitrogen and oxygen atoms in total. The molecule has 0 spiro atoms. The van der Waals surface area contributed by atoms with Gasteiger partial charge in [0.15, 0.2) is 0 Å². The second-order valence-corrected chi connectivity index (χ2v) is 6.33. The van der Waals surface area contributed by atoms with Crippen LogP contribution >= 0.6 is 11.3 Å². The average Bonchev–Trinajstić information content (AvgIpc) is 2.90. The molecule has 2 rings (SSSR count). The number of nitrogens with zero attached hydrogens (tertiary/aromatic N) is 3. The van der Waals surface area contributed by atoms with E-state index < -0.39 is 0 Å². The molecule has 0 aromatic carbocycles. The second kappa shape index (κ2) is 6.26. The molecule has 0 saturated heterocycles. The quantitative estimate of drug-likeness (QED) is 0.886. The molecule has 2 aromatic heterocycles. The van der Waals surface area contributed by atoms with E-state index in [1.165, 1.54) is 9.56 Å². The van der Waals surface area contributed by atoms with Crippen molar-refractivity contribution in [1.29, 1.82) is 0 Å². The van der Waals surface area contributed by atoms with Crippen molar-refractivity contribution in [2.45, 2.75) is 46.7 Å². The van der Waals surface area contributed by atoms with Crippen LogP contribution in [0.5, 0.6) is 0 Å². The van der Waals surface area contributed by atoms with E-state index in [9.17, 15) is 4.79 Å². The minimum absolute atomic E-state index is 0.0622. The number of hydrogen-bond donors (Lipinski definition) is 2. The van der Waals surface area contributed by atoms with Crippen LogP contribution in [0.2, 0.25) is 0 Å². The number of nitrogen functional groups attached to an aromatic ring is 1. The summed E-state index contributed by atoms with van der Waals surface area (Å²) in [4.78, 5) is 17.9. The number of rotatable bonds is 5. The zero-order chi connectivity index (χ0) is 15.6. The number of anilines is 1. The van der Waals surface area contributed by atoms with Gasteiger partial charge in [-0.2, -0.15) is 5.10 Å². The lowest BCUT2D eigenvalue weighted by molar-refractivity contribution is -0.122. The highest BCUT2D eigenvalue weighted by Crippen LogP contribution is 2.24. The van der Waals surface area contributed by atoms with Gasteiger partial charge in [0.1, 0.15) is 17.4 Å². The molecule has 0 aliphatic carbocycles. The molecular formula is C14H21N5OS. The number of nitrogens with two attached hydrogens (primary N) is 1. The van der Waals surface area contributed by atoms with Crippen LogP contribution in [0, 0.1) is 20.8 Å². The normalized spacial score (nSPS) is 12.4. The predicted octanol–water partition coefficient (Wildman–Crippen LogP) is 2.11. The van der Waals surface area contributed by atoms with E-state index in [-0.39, 0.29) is 18.5 Å². The highest BCUT2D eigenvalue weighted by Gasteiger charge is 2.18. The highest BCUT2D eigenvalue weighted by molar-refractivity contribution is 7.11. The van der Waals surface area contributed by atoms with Gasteiger partial charge in [-0.05, 0) is 27.2 Å². The van der Waals surface area contributed by atoms with E-state index in [4.69, 9.17) is 5.73 Å². The molecule has 114 valence electrons. The summed E-state index contributed by atoms with van der Waals surface area (Å²) in [5.41, 5.74) is 7.62. The van der Waals surface area contributed by atoms with E-state index in [1.807, 2.05) is 27.7 Å². The van der Waals surface area contributed by atoms with Crippen molar-refractivity contribution in [2.24, 2.45) is 0 Å². The van der Waals surface area contributed by atoms with Crippen molar-refractivity contribution in [3.05, 3.63) is 27.3 Å². The zero-order valence-corrected chi connectivity index (χ0v) is 13.6. The summed E-state index contributed by atoms with van der Waals surface area (Å²) in [7, 11) is 0. The van der Waals surface area contributed by atoms with Gasteiger partial charge in [0.25, 0.3) is 0 Å². The number of aromatic nitrogens is 3. The summed E-state index contributed by atoms with van der Waals surface area (Å²) in [6.45, 7) is 8.03. The van der Waals surface area contributed by atoms with Crippen LogP contribution in [0.1, 0.15) is 40.7 Å². The Morgan fingerprint density at radius 1 is 1.48 bits per heavy atom. The van der Waals surface area contributed by atoms with Crippen molar-refractivity contribution < 1.29 is 4.79 Å². The van der Waals surface area contributed by atoms with Crippen LogP contribution in [0.15, 0.2) is 6.07 Å². The third-order valence-electron chi connectivity index (χ3n) is 3.31. The number of thiazole rings is 1. The Morgan fingerprint density at radius 2 is 2.19 bits per heavy atom. The summed E-state index contributed by atoms with van der Waals surface area (Å²) < 4.78 is 1.51. The van der Waals surface area contributed by atoms with Crippen molar-refractivity contribution in [3.63, 3.8) is 0 Å². The molecule has 21 heavy (non-hydrogen) atoms. The molecular weight excluding hydrogens is 286 g/mol. The minimum atomic E-state index is -0.109. The number of aryl methyl sites for hydroxylation is 3. The van der Waals surface area contributed by atoms with E-state index >= 15 is 0 Å². The predicted molar refractivity (Wildman–Crippen MR) is 84.1 cm³/mol. The Bertz CT molecular complexity index is 626. The van der Waals surface area contributed by atoms with Gasteiger partial charge in [-0.25, -0.2) is 9.67 Å². The fourth-order valence-corrected chi connectivity index (χ4v) is 3.11. The van der Waals surface area contributed by atoms with Gasteiger partial charge in [0.05, 0.1) is 17.4 Å². The molecule has 0 fully saturated rings. The smallest absolute Gasteiger partial charge is 0.242 e. The summed E-state index contributed by atoms with van der Waals surface area (Å²) >= 11 is 1.63. The Labute approximate surface area is 128 Å². The Morgan fingerprint density at radius 3 is 2.67 bits per heavy atom. The SMILES string of the molecule is CC[C@H](NC(=O)Cn1nc(C)cc1N)c1nc(C)c(C)s1. The van der Waals surface area contributed by atoms with Gasteiger partial charge in [-0.1, -0.05) is 6.92 Å². The first-order valence-corrected chi connectivity index (χ1v) is 7.75. The average molecular weight is 307 g/mol. The maximum atomic E-state index is 12.2. The molecule has 2 aromatic rings. The van der Waals surface area contributed by atoms with Gasteiger partial charge in [-0.15, -0.1) is 11.3 Å². The van der Waals surface area contributed by atoms with Crippen LogP contribution < -0.4 is 11.1 Å². The first-order valence-electron chi connectivity index (χ1n) is 6.94. The summed E-state index contributed by atoms with van der Waals surface area (Å²) in [6, 6.07) is 1.69. The molecule has 3 N–H and O–H groups in total. The van der Waals surface area contributed by atoms with Gasteiger partial charge in [0.2, 0.25) is 5.91 Å². The number of hydrogen-bond acceptors (Lipinski definition) is 5. The van der Waals surface area contributed by atoms with E-state index in [0.29, 0.717) is 5.82 Å². The summed E-state index contributed by atoms with van der Waals surface area (Å²) in [5, 5.41) is 8.14. The zero-order valence-electron chi connectivity index (χ0n) is 12.8. The molecule has 1 atom stereocenters. The largest absolute Gasteiger partial charge is 0.384 e. The lowest BCUT2D eigenvalue weighted by Gasteiger charge is -2.14. The molecule has 2 heterocycles. The number of amides is 1. The van der Waals surface area contributed by atoms with Gasteiger partial charge in [0, 0.05) is 10.9 Å². The maximum absolute atomic E-state index is 12.2. The van der Waals surface area contributed by atoms with Crippen molar-refractivity contribution in [1.82, 2.24) is 20.1 Å². The summed E-state index contributed by atoms with van der Waals surface area (Å²) in [6.07, 6.45) is 0.797. The third-order valence-corrected chi connectivity index (χ3v) is 4.50. The Hall–Kier alpha value is -1.89. The molecule has 0 aliphatic heterocycles. The molecule has 0 radical (unpaired) electrons. The Kier molecular flexibility index (Phi) is 4.62. The minimum Gasteiger partial charge on any atom is -0.384 e. The number of carbonyl (C=O) groups excluding carboxylic acids is 1. The molecule has 0 saturated carbocycles. The van der Waals surface area contributed by atoms with E-state index in [1.54, 1.807) is 17.4 Å². The van der Waals surface area contributed by atoms with Crippen molar-refractivity contribution in [3.8, 4) is 0 Å². The van der Waals surface area contributed by atoms with Crippen LogP contribution in [0.25, 0.3) is 0 Å². The molecule has 0 unspecified atom stereocenters. The van der Waals surface area contributed by atoms with E-state index in [0.717, 1.165) is 22.8 Å².